The van der Waals surface area contributed by atoms with Crippen LogP contribution in [0, 0.1) is 0 Å². The van der Waals surface area contributed by atoms with Crippen molar-refractivity contribution in [3.05, 3.63) is 0 Å². The average molecular weight is 168 g/mol. The number of morpholine rings is 1. The van der Waals surface area contributed by atoms with Crippen LogP contribution in [0.25, 0.3) is 0 Å². The molecule has 0 radical (unpaired) electrons. The minimum Gasteiger partial charge on any atom is -0.394 e. The molecule has 1 fully saturated rings. The lowest BCUT2D eigenvalue weighted by atomic mass is 10.3. The molecule has 0 spiro atoms. The van der Waals surface area contributed by atoms with Gasteiger partial charge in [-0.05, 0) is 6.92 Å². The zero-order valence-electron chi connectivity index (χ0n) is 6.04. The standard InChI is InChI=1S/C6H13NO2.ClH/c1-5-2-7-3-6(4-8)9-5;/h5-8H,2-4H2,1H3;1H/t5-,6+;/m0./s1. The maximum Gasteiger partial charge on any atom is 0.0933 e. The predicted octanol–water partition coefficient (Wildman–Crippen LogP) is -0.223. The monoisotopic (exact) mass is 167 g/mol. The maximum atomic E-state index is 8.64. The molecule has 4 heteroatoms. The number of rotatable bonds is 1. The smallest absolute Gasteiger partial charge is 0.0933 e. The molecule has 0 aliphatic carbocycles. The summed E-state index contributed by atoms with van der Waals surface area (Å²) in [6.45, 7) is 3.80. The van der Waals surface area contributed by atoms with Crippen LogP contribution in [0.2, 0.25) is 0 Å². The van der Waals surface area contributed by atoms with E-state index >= 15 is 0 Å². The van der Waals surface area contributed by atoms with Crippen LogP contribution in [-0.4, -0.2) is 37.0 Å². The molecule has 0 amide bonds. The Kier molecular flexibility index (Phi) is 4.99. The van der Waals surface area contributed by atoms with E-state index in [0.717, 1.165) is 13.1 Å². The Balaban J connectivity index is 0.000000810. The van der Waals surface area contributed by atoms with Crippen LogP contribution < -0.4 is 5.32 Å². The van der Waals surface area contributed by atoms with Crippen LogP contribution in [0.5, 0.6) is 0 Å². The number of ether oxygens (including phenoxy) is 1. The minimum atomic E-state index is 0. The van der Waals surface area contributed by atoms with E-state index < -0.39 is 0 Å². The van der Waals surface area contributed by atoms with E-state index in [1.807, 2.05) is 6.92 Å². The number of hydrogen-bond donors (Lipinski definition) is 2. The van der Waals surface area contributed by atoms with Crippen molar-refractivity contribution in [3.63, 3.8) is 0 Å². The summed E-state index contributed by atoms with van der Waals surface area (Å²) in [5.74, 6) is 0. The van der Waals surface area contributed by atoms with Crippen LogP contribution in [0.4, 0.5) is 0 Å². The van der Waals surface area contributed by atoms with E-state index in [1.165, 1.54) is 0 Å². The Hall–Kier alpha value is 0.170. The van der Waals surface area contributed by atoms with Crippen molar-refractivity contribution < 1.29 is 9.84 Å². The normalized spacial score (nSPS) is 33.0. The topological polar surface area (TPSA) is 41.5 Å². The zero-order valence-corrected chi connectivity index (χ0v) is 6.86. The molecular formula is C6H14ClNO2. The lowest BCUT2D eigenvalue weighted by molar-refractivity contribution is -0.0518. The minimum absolute atomic E-state index is 0. The van der Waals surface area contributed by atoms with Gasteiger partial charge in [-0.15, -0.1) is 12.4 Å². The highest BCUT2D eigenvalue weighted by atomic mass is 35.5. The first-order chi connectivity index (χ1) is 4.33. The number of hydrogen-bond acceptors (Lipinski definition) is 3. The molecule has 1 rings (SSSR count). The first-order valence-electron chi connectivity index (χ1n) is 3.30. The third kappa shape index (κ3) is 2.84. The van der Waals surface area contributed by atoms with Crippen molar-refractivity contribution in [2.45, 2.75) is 19.1 Å². The van der Waals surface area contributed by atoms with Gasteiger partial charge in [-0.1, -0.05) is 0 Å². The number of halogens is 1. The molecule has 1 saturated heterocycles. The molecule has 10 heavy (non-hydrogen) atoms. The van der Waals surface area contributed by atoms with E-state index in [-0.39, 0.29) is 31.2 Å². The summed E-state index contributed by atoms with van der Waals surface area (Å²) in [5, 5.41) is 11.8. The van der Waals surface area contributed by atoms with Crippen molar-refractivity contribution >= 4 is 12.4 Å². The van der Waals surface area contributed by atoms with E-state index in [9.17, 15) is 0 Å². The molecular weight excluding hydrogens is 154 g/mol. The molecule has 0 unspecified atom stereocenters. The molecule has 0 aromatic heterocycles. The van der Waals surface area contributed by atoms with Crippen LogP contribution in [0.1, 0.15) is 6.92 Å². The number of nitrogens with one attached hydrogen (secondary N) is 1. The average Bonchev–Trinajstić information content (AvgIpc) is 1.88. The molecule has 0 saturated carbocycles. The summed E-state index contributed by atoms with van der Waals surface area (Å²) in [4.78, 5) is 0. The Bertz CT molecular complexity index is 91.8. The molecule has 0 aromatic carbocycles. The first kappa shape index (κ1) is 10.2. The van der Waals surface area contributed by atoms with Crippen LogP contribution >= 0.6 is 12.4 Å². The lowest BCUT2D eigenvalue weighted by Gasteiger charge is -2.27. The Morgan fingerprint density at radius 3 is 2.70 bits per heavy atom. The summed E-state index contributed by atoms with van der Waals surface area (Å²) in [6.07, 6.45) is 0.254. The Labute approximate surface area is 67.2 Å². The predicted molar refractivity (Wildman–Crippen MR) is 41.5 cm³/mol. The van der Waals surface area contributed by atoms with Gasteiger partial charge < -0.3 is 15.2 Å². The van der Waals surface area contributed by atoms with E-state index in [4.69, 9.17) is 9.84 Å². The molecule has 3 nitrogen and oxygen atoms in total. The fourth-order valence-corrected chi connectivity index (χ4v) is 0.980. The van der Waals surface area contributed by atoms with Gasteiger partial charge in [0.2, 0.25) is 0 Å². The third-order valence-corrected chi connectivity index (χ3v) is 1.43. The fraction of sp³-hybridized carbons (Fsp3) is 1.00. The molecule has 0 bridgehead atoms. The quantitative estimate of drug-likeness (QED) is 0.568. The summed E-state index contributed by atoms with van der Waals surface area (Å²) in [5.41, 5.74) is 0. The van der Waals surface area contributed by atoms with Gasteiger partial charge in [0.25, 0.3) is 0 Å². The van der Waals surface area contributed by atoms with Gasteiger partial charge in [-0.3, -0.25) is 0 Å². The van der Waals surface area contributed by atoms with Gasteiger partial charge in [-0.25, -0.2) is 0 Å². The zero-order chi connectivity index (χ0) is 6.69. The number of aliphatic hydroxyl groups is 1. The van der Waals surface area contributed by atoms with Crippen LogP contribution in [-0.2, 0) is 4.74 Å². The SMILES string of the molecule is C[C@H]1CNC[C@H](CO)O1.Cl. The van der Waals surface area contributed by atoms with Crippen molar-refractivity contribution in [2.24, 2.45) is 0 Å². The third-order valence-electron chi connectivity index (χ3n) is 1.43. The summed E-state index contributed by atoms with van der Waals surface area (Å²) >= 11 is 0. The summed E-state index contributed by atoms with van der Waals surface area (Å²) in [6, 6.07) is 0. The Morgan fingerprint density at radius 2 is 2.30 bits per heavy atom. The molecule has 1 aliphatic rings. The Morgan fingerprint density at radius 1 is 1.60 bits per heavy atom. The first-order valence-corrected chi connectivity index (χ1v) is 3.30. The van der Waals surface area contributed by atoms with Gasteiger partial charge in [0.1, 0.15) is 0 Å². The lowest BCUT2D eigenvalue weighted by Crippen LogP contribution is -2.44. The van der Waals surface area contributed by atoms with Crippen LogP contribution in [0.15, 0.2) is 0 Å². The maximum absolute atomic E-state index is 8.64. The molecule has 62 valence electrons. The highest BCUT2D eigenvalue weighted by molar-refractivity contribution is 5.85. The van der Waals surface area contributed by atoms with E-state index in [1.54, 1.807) is 0 Å². The van der Waals surface area contributed by atoms with Gasteiger partial charge in [0, 0.05) is 13.1 Å². The molecule has 1 heterocycles. The molecule has 2 atom stereocenters. The second-order valence-electron chi connectivity index (χ2n) is 2.41. The fourth-order valence-electron chi connectivity index (χ4n) is 0.980. The second kappa shape index (κ2) is 4.91. The molecule has 0 aromatic rings. The van der Waals surface area contributed by atoms with Crippen molar-refractivity contribution in [1.82, 2.24) is 5.32 Å². The van der Waals surface area contributed by atoms with Crippen molar-refractivity contribution in [2.75, 3.05) is 19.7 Å². The highest BCUT2D eigenvalue weighted by Gasteiger charge is 2.16. The largest absolute Gasteiger partial charge is 0.394 e. The van der Waals surface area contributed by atoms with E-state index in [0.29, 0.717) is 0 Å². The number of aliphatic hydroxyl groups excluding tert-OH is 1. The van der Waals surface area contributed by atoms with Crippen molar-refractivity contribution in [1.29, 1.82) is 0 Å². The summed E-state index contributed by atoms with van der Waals surface area (Å²) in [7, 11) is 0. The van der Waals surface area contributed by atoms with Gasteiger partial charge in [0.05, 0.1) is 18.8 Å². The van der Waals surface area contributed by atoms with Gasteiger partial charge in [-0.2, -0.15) is 0 Å². The van der Waals surface area contributed by atoms with Gasteiger partial charge >= 0.3 is 0 Å². The van der Waals surface area contributed by atoms with E-state index in [2.05, 4.69) is 5.32 Å². The highest BCUT2D eigenvalue weighted by Crippen LogP contribution is 2.00. The summed E-state index contributed by atoms with van der Waals surface area (Å²) < 4.78 is 5.32. The second-order valence-corrected chi connectivity index (χ2v) is 2.41. The molecule has 1 aliphatic heterocycles. The molecule has 2 N–H and O–H groups in total. The van der Waals surface area contributed by atoms with Gasteiger partial charge in [0.15, 0.2) is 0 Å². The van der Waals surface area contributed by atoms with Crippen LogP contribution in [0.3, 0.4) is 0 Å². The van der Waals surface area contributed by atoms with Crippen molar-refractivity contribution in [3.8, 4) is 0 Å².